The number of aromatic nitrogens is 1. The number of furan rings is 1. The molecule has 1 N–H and O–H groups in total. The van der Waals surface area contributed by atoms with Crippen LogP contribution < -0.4 is 5.32 Å². The summed E-state index contributed by atoms with van der Waals surface area (Å²) in [5.41, 5.74) is 2.98. The Balaban J connectivity index is 1.83. The Bertz CT molecular complexity index is 667. The van der Waals surface area contributed by atoms with Crippen molar-refractivity contribution in [3.8, 4) is 6.07 Å². The van der Waals surface area contributed by atoms with Crippen LogP contribution in [0.25, 0.3) is 0 Å². The standard InChI is InChI=1S/C16H17N3O/c1-11-6-7-14(20-11)10-18-16-13(9-17)8-12-4-2-3-5-15(12)19-16/h6-8H,2-5,10H2,1H3,(H,18,19). The molecule has 1 aliphatic rings. The van der Waals surface area contributed by atoms with E-state index in [9.17, 15) is 5.26 Å². The lowest BCUT2D eigenvalue weighted by molar-refractivity contribution is 0.490. The van der Waals surface area contributed by atoms with Crippen molar-refractivity contribution >= 4 is 5.82 Å². The second-order valence-corrected chi connectivity index (χ2v) is 5.18. The van der Waals surface area contributed by atoms with Crippen molar-refractivity contribution in [2.45, 2.75) is 39.2 Å². The third-order valence-electron chi connectivity index (χ3n) is 3.65. The molecule has 3 rings (SSSR count). The van der Waals surface area contributed by atoms with Gasteiger partial charge in [-0.05, 0) is 56.4 Å². The molecule has 0 fully saturated rings. The van der Waals surface area contributed by atoms with E-state index in [4.69, 9.17) is 4.42 Å². The summed E-state index contributed by atoms with van der Waals surface area (Å²) in [6.07, 6.45) is 4.42. The van der Waals surface area contributed by atoms with Crippen LogP contribution in [0.15, 0.2) is 22.6 Å². The summed E-state index contributed by atoms with van der Waals surface area (Å²) in [4.78, 5) is 4.63. The summed E-state index contributed by atoms with van der Waals surface area (Å²) in [5.74, 6) is 2.41. The fourth-order valence-corrected chi connectivity index (χ4v) is 2.60. The fraction of sp³-hybridized carbons (Fsp3) is 0.375. The first-order valence-electron chi connectivity index (χ1n) is 6.98. The Morgan fingerprint density at radius 2 is 2.20 bits per heavy atom. The zero-order chi connectivity index (χ0) is 13.9. The van der Waals surface area contributed by atoms with E-state index >= 15 is 0 Å². The zero-order valence-corrected chi connectivity index (χ0v) is 11.6. The maximum Gasteiger partial charge on any atom is 0.144 e. The number of nitrogens with one attached hydrogen (secondary N) is 1. The van der Waals surface area contributed by atoms with Gasteiger partial charge in [-0.25, -0.2) is 4.98 Å². The monoisotopic (exact) mass is 267 g/mol. The highest BCUT2D eigenvalue weighted by molar-refractivity contribution is 5.54. The molecule has 4 nitrogen and oxygen atoms in total. The highest BCUT2D eigenvalue weighted by Gasteiger charge is 2.15. The first kappa shape index (κ1) is 12.7. The lowest BCUT2D eigenvalue weighted by Gasteiger charge is -2.17. The van der Waals surface area contributed by atoms with Crippen molar-refractivity contribution in [1.29, 1.82) is 5.26 Å². The van der Waals surface area contributed by atoms with Crippen molar-refractivity contribution in [3.05, 3.63) is 46.5 Å². The van der Waals surface area contributed by atoms with E-state index < -0.39 is 0 Å². The van der Waals surface area contributed by atoms with Crippen LogP contribution in [0.5, 0.6) is 0 Å². The van der Waals surface area contributed by atoms with Gasteiger partial charge in [0.2, 0.25) is 0 Å². The van der Waals surface area contributed by atoms with E-state index in [1.165, 1.54) is 18.4 Å². The molecule has 102 valence electrons. The first-order valence-corrected chi connectivity index (χ1v) is 6.98. The number of hydrogen-bond acceptors (Lipinski definition) is 4. The summed E-state index contributed by atoms with van der Waals surface area (Å²) in [5, 5.41) is 12.5. The van der Waals surface area contributed by atoms with Gasteiger partial charge in [-0.3, -0.25) is 0 Å². The lowest BCUT2D eigenvalue weighted by atomic mass is 9.95. The lowest BCUT2D eigenvalue weighted by Crippen LogP contribution is -2.10. The second kappa shape index (κ2) is 5.38. The largest absolute Gasteiger partial charge is 0.465 e. The molecule has 0 spiro atoms. The normalized spacial score (nSPS) is 13.6. The summed E-state index contributed by atoms with van der Waals surface area (Å²) in [6.45, 7) is 2.47. The fourth-order valence-electron chi connectivity index (χ4n) is 2.60. The van der Waals surface area contributed by atoms with Crippen LogP contribution >= 0.6 is 0 Å². The number of nitrogens with zero attached hydrogens (tertiary/aromatic N) is 2. The molecule has 0 radical (unpaired) electrons. The number of hydrogen-bond donors (Lipinski definition) is 1. The molecule has 0 saturated carbocycles. The quantitative estimate of drug-likeness (QED) is 0.926. The van der Waals surface area contributed by atoms with Crippen molar-refractivity contribution in [2.24, 2.45) is 0 Å². The molecule has 0 saturated heterocycles. The van der Waals surface area contributed by atoms with Gasteiger partial charge in [-0.2, -0.15) is 5.26 Å². The smallest absolute Gasteiger partial charge is 0.144 e. The number of aryl methyl sites for hydroxylation is 3. The average Bonchev–Trinajstić information content (AvgIpc) is 2.89. The van der Waals surface area contributed by atoms with Crippen LogP contribution in [0.1, 0.15) is 41.2 Å². The van der Waals surface area contributed by atoms with Crippen LogP contribution in [0.3, 0.4) is 0 Å². The number of pyridine rings is 1. The van der Waals surface area contributed by atoms with E-state index in [-0.39, 0.29) is 0 Å². The number of anilines is 1. The van der Waals surface area contributed by atoms with Gasteiger partial charge in [0.05, 0.1) is 12.1 Å². The maximum absolute atomic E-state index is 9.27. The number of rotatable bonds is 3. The van der Waals surface area contributed by atoms with Crippen molar-refractivity contribution in [1.82, 2.24) is 4.98 Å². The molecule has 2 aromatic heterocycles. The first-order chi connectivity index (χ1) is 9.76. The van der Waals surface area contributed by atoms with Gasteiger partial charge < -0.3 is 9.73 Å². The molecule has 0 aliphatic heterocycles. The van der Waals surface area contributed by atoms with Crippen molar-refractivity contribution in [3.63, 3.8) is 0 Å². The SMILES string of the molecule is Cc1ccc(CNc2nc3c(cc2C#N)CCCC3)o1. The van der Waals surface area contributed by atoms with Crippen LogP contribution in [0.2, 0.25) is 0 Å². The molecule has 1 aliphatic carbocycles. The van der Waals surface area contributed by atoms with Crippen LogP contribution in [0.4, 0.5) is 5.82 Å². The van der Waals surface area contributed by atoms with E-state index in [0.29, 0.717) is 17.9 Å². The van der Waals surface area contributed by atoms with Crippen LogP contribution in [-0.2, 0) is 19.4 Å². The number of fused-ring (bicyclic) bond motifs is 1. The Morgan fingerprint density at radius 1 is 1.35 bits per heavy atom. The molecule has 20 heavy (non-hydrogen) atoms. The summed E-state index contributed by atoms with van der Waals surface area (Å²) in [6, 6.07) is 8.09. The topological polar surface area (TPSA) is 61.9 Å². The van der Waals surface area contributed by atoms with Crippen LogP contribution in [0, 0.1) is 18.3 Å². The molecule has 0 unspecified atom stereocenters. The molecule has 0 aromatic carbocycles. The predicted octanol–water partition coefficient (Wildman–Crippen LogP) is 3.35. The molecule has 2 heterocycles. The Morgan fingerprint density at radius 3 is 2.95 bits per heavy atom. The van der Waals surface area contributed by atoms with Crippen LogP contribution in [-0.4, -0.2) is 4.98 Å². The second-order valence-electron chi connectivity index (χ2n) is 5.18. The maximum atomic E-state index is 9.27. The molecular weight excluding hydrogens is 250 g/mol. The Kier molecular flexibility index (Phi) is 3.42. The third-order valence-corrected chi connectivity index (χ3v) is 3.65. The van der Waals surface area contributed by atoms with Crippen molar-refractivity contribution < 1.29 is 4.42 Å². The molecule has 0 amide bonds. The molecule has 0 bridgehead atoms. The molecular formula is C16H17N3O. The minimum absolute atomic E-state index is 0.550. The van der Waals surface area contributed by atoms with E-state index in [1.54, 1.807) is 0 Å². The Hall–Kier alpha value is -2.28. The van der Waals surface area contributed by atoms with E-state index in [1.807, 2.05) is 25.1 Å². The van der Waals surface area contributed by atoms with Gasteiger partial charge in [-0.1, -0.05) is 0 Å². The van der Waals surface area contributed by atoms with E-state index in [2.05, 4.69) is 16.4 Å². The van der Waals surface area contributed by atoms with Crippen molar-refractivity contribution in [2.75, 3.05) is 5.32 Å². The van der Waals surface area contributed by atoms with Gasteiger partial charge in [0.25, 0.3) is 0 Å². The van der Waals surface area contributed by atoms with Gasteiger partial charge in [-0.15, -0.1) is 0 Å². The van der Waals surface area contributed by atoms with E-state index in [0.717, 1.165) is 30.1 Å². The summed E-state index contributed by atoms with van der Waals surface area (Å²) >= 11 is 0. The Labute approximate surface area is 118 Å². The minimum atomic E-state index is 0.550. The summed E-state index contributed by atoms with van der Waals surface area (Å²) < 4.78 is 5.52. The van der Waals surface area contributed by atoms with Gasteiger partial charge >= 0.3 is 0 Å². The summed E-state index contributed by atoms with van der Waals surface area (Å²) in [7, 11) is 0. The minimum Gasteiger partial charge on any atom is -0.465 e. The molecule has 4 heteroatoms. The molecule has 0 atom stereocenters. The molecule has 2 aromatic rings. The zero-order valence-electron chi connectivity index (χ0n) is 11.6. The van der Waals surface area contributed by atoms with Gasteiger partial charge in [0, 0.05) is 5.69 Å². The highest BCUT2D eigenvalue weighted by atomic mass is 16.3. The average molecular weight is 267 g/mol. The highest BCUT2D eigenvalue weighted by Crippen LogP contribution is 2.24. The third kappa shape index (κ3) is 2.53. The van der Waals surface area contributed by atoms with Gasteiger partial charge in [0.15, 0.2) is 0 Å². The number of nitriles is 1. The predicted molar refractivity (Wildman–Crippen MR) is 76.4 cm³/mol. The van der Waals surface area contributed by atoms with Gasteiger partial charge in [0.1, 0.15) is 23.4 Å².